The van der Waals surface area contributed by atoms with E-state index in [1.807, 2.05) is 18.2 Å². The number of aliphatic hydroxyl groups excluding tert-OH is 1. The quantitative estimate of drug-likeness (QED) is 0.689. The van der Waals surface area contributed by atoms with Gasteiger partial charge < -0.3 is 5.11 Å². The molecule has 0 saturated heterocycles. The van der Waals surface area contributed by atoms with Crippen LogP contribution in [-0.2, 0) is 6.42 Å². The molecule has 2 aromatic rings. The summed E-state index contributed by atoms with van der Waals surface area (Å²) in [6.07, 6.45) is 7.85. The Bertz CT molecular complexity index is 481. The van der Waals surface area contributed by atoms with Crippen LogP contribution in [0.3, 0.4) is 0 Å². The molecule has 1 aromatic heterocycles. The molecule has 0 bridgehead atoms. The molecule has 1 heterocycles. The molecule has 2 rings (SSSR count). The molecule has 0 atom stereocenters. The number of benzene rings is 1. The van der Waals surface area contributed by atoms with Crippen molar-refractivity contribution in [2.24, 2.45) is 0 Å². The van der Waals surface area contributed by atoms with Gasteiger partial charge in [-0.3, -0.25) is 0 Å². The van der Waals surface area contributed by atoms with Crippen LogP contribution < -0.4 is 0 Å². The van der Waals surface area contributed by atoms with Crippen LogP contribution >= 0.6 is 0 Å². The summed E-state index contributed by atoms with van der Waals surface area (Å²) in [5.74, 6) is 0. The van der Waals surface area contributed by atoms with E-state index in [2.05, 4.69) is 27.5 Å². The Morgan fingerprint density at radius 1 is 0.850 bits per heavy atom. The minimum absolute atomic E-state index is 0.319. The van der Waals surface area contributed by atoms with E-state index in [0.29, 0.717) is 6.61 Å². The van der Waals surface area contributed by atoms with Gasteiger partial charge in [-0.05, 0) is 19.3 Å². The SMILES string of the molecule is OCCCCCCCCc1n[nH]nc1-c1ccccc1. The van der Waals surface area contributed by atoms with Gasteiger partial charge >= 0.3 is 0 Å². The van der Waals surface area contributed by atoms with Crippen molar-refractivity contribution < 1.29 is 5.11 Å². The molecule has 108 valence electrons. The highest BCUT2D eigenvalue weighted by atomic mass is 16.2. The van der Waals surface area contributed by atoms with Gasteiger partial charge in [-0.1, -0.05) is 56.0 Å². The highest BCUT2D eigenvalue weighted by Gasteiger charge is 2.09. The Morgan fingerprint density at radius 3 is 2.30 bits per heavy atom. The maximum absolute atomic E-state index is 8.71. The van der Waals surface area contributed by atoms with Crippen LogP contribution in [0, 0.1) is 0 Å². The Kier molecular flexibility index (Phi) is 6.24. The summed E-state index contributed by atoms with van der Waals surface area (Å²) < 4.78 is 0. The van der Waals surface area contributed by atoms with Crippen LogP contribution in [0.2, 0.25) is 0 Å². The molecule has 4 heteroatoms. The summed E-state index contributed by atoms with van der Waals surface area (Å²) >= 11 is 0. The number of aryl methyl sites for hydroxylation is 1. The first-order valence-electron chi connectivity index (χ1n) is 7.47. The molecular formula is C16H23N3O. The third-order valence-corrected chi connectivity index (χ3v) is 3.49. The largest absolute Gasteiger partial charge is 0.396 e. The summed E-state index contributed by atoms with van der Waals surface area (Å²) in [7, 11) is 0. The van der Waals surface area contributed by atoms with Crippen molar-refractivity contribution in [3.8, 4) is 11.3 Å². The van der Waals surface area contributed by atoms with Crippen molar-refractivity contribution in [1.29, 1.82) is 0 Å². The number of aromatic nitrogens is 3. The average molecular weight is 273 g/mol. The molecule has 1 aromatic carbocycles. The van der Waals surface area contributed by atoms with E-state index in [0.717, 1.165) is 42.6 Å². The number of nitrogens with zero attached hydrogens (tertiary/aromatic N) is 2. The lowest BCUT2D eigenvalue weighted by atomic mass is 10.0. The molecule has 0 saturated carbocycles. The van der Waals surface area contributed by atoms with E-state index >= 15 is 0 Å². The Balaban J connectivity index is 1.76. The van der Waals surface area contributed by atoms with Crippen molar-refractivity contribution in [3.63, 3.8) is 0 Å². The molecule has 0 fully saturated rings. The summed E-state index contributed by atoms with van der Waals surface area (Å²) in [4.78, 5) is 0. The van der Waals surface area contributed by atoms with Gasteiger partial charge in [0, 0.05) is 12.2 Å². The van der Waals surface area contributed by atoms with Crippen LogP contribution in [0.25, 0.3) is 11.3 Å². The Morgan fingerprint density at radius 2 is 1.55 bits per heavy atom. The monoisotopic (exact) mass is 273 g/mol. The highest BCUT2D eigenvalue weighted by molar-refractivity contribution is 5.60. The molecule has 0 unspecified atom stereocenters. The van der Waals surface area contributed by atoms with Crippen LogP contribution in [0.15, 0.2) is 30.3 Å². The summed E-state index contributed by atoms with van der Waals surface area (Å²) in [5, 5.41) is 20.0. The highest BCUT2D eigenvalue weighted by Crippen LogP contribution is 2.20. The lowest BCUT2D eigenvalue weighted by molar-refractivity contribution is 0.282. The molecule has 0 spiro atoms. The second-order valence-corrected chi connectivity index (χ2v) is 5.08. The van der Waals surface area contributed by atoms with Crippen LogP contribution in [0.5, 0.6) is 0 Å². The maximum Gasteiger partial charge on any atom is 0.115 e. The van der Waals surface area contributed by atoms with Crippen molar-refractivity contribution in [2.75, 3.05) is 6.61 Å². The van der Waals surface area contributed by atoms with Crippen LogP contribution in [0.1, 0.15) is 44.2 Å². The summed E-state index contributed by atoms with van der Waals surface area (Å²) in [6, 6.07) is 10.2. The molecule has 0 aliphatic heterocycles. The third kappa shape index (κ3) is 4.46. The second kappa shape index (κ2) is 8.48. The predicted octanol–water partition coefficient (Wildman–Crippen LogP) is 3.35. The van der Waals surface area contributed by atoms with E-state index in [4.69, 9.17) is 5.11 Å². The number of nitrogens with one attached hydrogen (secondary N) is 1. The number of hydrogen-bond donors (Lipinski definition) is 2. The molecule has 0 amide bonds. The zero-order valence-electron chi connectivity index (χ0n) is 11.9. The third-order valence-electron chi connectivity index (χ3n) is 3.49. The fourth-order valence-electron chi connectivity index (χ4n) is 2.37. The maximum atomic E-state index is 8.71. The minimum atomic E-state index is 0.319. The fourth-order valence-corrected chi connectivity index (χ4v) is 2.37. The first kappa shape index (κ1) is 14.7. The van der Waals surface area contributed by atoms with Gasteiger partial charge in [0.25, 0.3) is 0 Å². The van der Waals surface area contributed by atoms with Crippen molar-refractivity contribution in [2.45, 2.75) is 44.9 Å². The zero-order valence-corrected chi connectivity index (χ0v) is 11.9. The molecule has 0 aliphatic rings. The van der Waals surface area contributed by atoms with Crippen LogP contribution in [-0.4, -0.2) is 27.1 Å². The first-order valence-corrected chi connectivity index (χ1v) is 7.47. The molecule has 20 heavy (non-hydrogen) atoms. The number of aliphatic hydroxyl groups is 1. The molecule has 4 nitrogen and oxygen atoms in total. The second-order valence-electron chi connectivity index (χ2n) is 5.08. The van der Waals surface area contributed by atoms with Gasteiger partial charge in [0.15, 0.2) is 0 Å². The number of rotatable bonds is 9. The Labute approximate surface area is 120 Å². The van der Waals surface area contributed by atoms with E-state index in [1.165, 1.54) is 19.3 Å². The minimum Gasteiger partial charge on any atom is -0.396 e. The molecule has 2 N–H and O–H groups in total. The van der Waals surface area contributed by atoms with E-state index in [1.54, 1.807) is 0 Å². The van der Waals surface area contributed by atoms with E-state index in [-0.39, 0.29) is 0 Å². The number of H-pyrrole nitrogens is 1. The van der Waals surface area contributed by atoms with Gasteiger partial charge in [-0.2, -0.15) is 15.4 Å². The van der Waals surface area contributed by atoms with E-state index < -0.39 is 0 Å². The first-order chi connectivity index (χ1) is 9.92. The molecule has 0 aliphatic carbocycles. The average Bonchev–Trinajstić information content (AvgIpc) is 2.96. The summed E-state index contributed by atoms with van der Waals surface area (Å²) in [5.41, 5.74) is 3.16. The lowest BCUT2D eigenvalue weighted by Crippen LogP contribution is -1.91. The molecule has 0 radical (unpaired) electrons. The molecular weight excluding hydrogens is 250 g/mol. The standard InChI is InChI=1S/C16H23N3O/c20-13-9-4-2-1-3-8-12-15-16(18-19-17-15)14-10-6-5-7-11-14/h5-7,10-11,20H,1-4,8-9,12-13H2,(H,17,18,19). The number of unbranched alkanes of at least 4 members (excludes halogenated alkanes) is 5. The number of hydrogen-bond acceptors (Lipinski definition) is 3. The number of aromatic amines is 1. The van der Waals surface area contributed by atoms with Gasteiger partial charge in [-0.25, -0.2) is 0 Å². The van der Waals surface area contributed by atoms with Crippen molar-refractivity contribution in [1.82, 2.24) is 15.4 Å². The van der Waals surface area contributed by atoms with Crippen LogP contribution in [0.4, 0.5) is 0 Å². The lowest BCUT2D eigenvalue weighted by Gasteiger charge is -2.02. The van der Waals surface area contributed by atoms with Gasteiger partial charge in [0.1, 0.15) is 5.69 Å². The summed E-state index contributed by atoms with van der Waals surface area (Å²) in [6.45, 7) is 0.319. The smallest absolute Gasteiger partial charge is 0.115 e. The van der Waals surface area contributed by atoms with E-state index in [9.17, 15) is 0 Å². The fraction of sp³-hybridized carbons (Fsp3) is 0.500. The van der Waals surface area contributed by atoms with Gasteiger partial charge in [0.2, 0.25) is 0 Å². The Hall–Kier alpha value is -1.68. The van der Waals surface area contributed by atoms with Crippen molar-refractivity contribution in [3.05, 3.63) is 36.0 Å². The predicted molar refractivity (Wildman–Crippen MR) is 80.3 cm³/mol. The zero-order chi connectivity index (χ0) is 14.0. The van der Waals surface area contributed by atoms with Crippen molar-refractivity contribution >= 4 is 0 Å². The van der Waals surface area contributed by atoms with Gasteiger partial charge in [-0.15, -0.1) is 0 Å². The topological polar surface area (TPSA) is 61.8 Å². The normalized spacial score (nSPS) is 10.8. The van der Waals surface area contributed by atoms with Gasteiger partial charge in [0.05, 0.1) is 5.69 Å².